The highest BCUT2D eigenvalue weighted by Crippen LogP contribution is 2.25. The van der Waals surface area contributed by atoms with Gasteiger partial charge in [0.2, 0.25) is 0 Å². The van der Waals surface area contributed by atoms with Gasteiger partial charge in [-0.3, -0.25) is 14.8 Å². The first-order chi connectivity index (χ1) is 14.0. The van der Waals surface area contributed by atoms with E-state index in [1.807, 2.05) is 60.4 Å². The van der Waals surface area contributed by atoms with Crippen LogP contribution in [0.4, 0.5) is 4.79 Å². The molecule has 4 rings (SSSR count). The van der Waals surface area contributed by atoms with Gasteiger partial charge in [-0.2, -0.15) is 0 Å². The Morgan fingerprint density at radius 1 is 1.00 bits per heavy atom. The number of carbonyl (C=O) groups is 2. The van der Waals surface area contributed by atoms with Gasteiger partial charge in [0.1, 0.15) is 5.84 Å². The average Bonchev–Trinajstić information content (AvgIpc) is 3.08. The number of amides is 1. The fourth-order valence-corrected chi connectivity index (χ4v) is 4.09. The van der Waals surface area contributed by atoms with Crippen molar-refractivity contribution in [3.8, 4) is 0 Å². The number of fused-ring (bicyclic) bond motifs is 1. The van der Waals surface area contributed by atoms with Crippen LogP contribution in [0.25, 0.3) is 10.9 Å². The number of ketones is 1. The second kappa shape index (κ2) is 7.54. The van der Waals surface area contributed by atoms with E-state index in [-0.39, 0.29) is 23.6 Å². The first-order valence-electron chi connectivity index (χ1n) is 9.81. The number of aryl methyl sites for hydroxylation is 1. The predicted octanol–water partition coefficient (Wildman–Crippen LogP) is 3.80. The van der Waals surface area contributed by atoms with E-state index >= 15 is 0 Å². The molecule has 1 aliphatic rings. The first kappa shape index (κ1) is 18.9. The number of benzene rings is 2. The third-order valence-electron chi connectivity index (χ3n) is 5.68. The number of carbonyl (C=O) groups excluding carboxylic acids is 2. The van der Waals surface area contributed by atoms with Crippen molar-refractivity contribution in [3.63, 3.8) is 0 Å². The summed E-state index contributed by atoms with van der Waals surface area (Å²) in [6, 6.07) is 16.7. The van der Waals surface area contributed by atoms with Gasteiger partial charge >= 0.3 is 6.03 Å². The summed E-state index contributed by atoms with van der Waals surface area (Å²) in [5, 5.41) is 8.49. The number of hydrogen-bond donors (Lipinski definition) is 2. The lowest BCUT2D eigenvalue weighted by Gasteiger charge is -2.31. The van der Waals surface area contributed by atoms with E-state index in [9.17, 15) is 9.59 Å². The molecular formula is C23H24N4O2. The number of nitrogens with two attached hydrogens (primary N) is 1. The molecule has 1 saturated heterocycles. The smallest absolute Gasteiger partial charge is 0.328 e. The highest BCUT2D eigenvalue weighted by Gasteiger charge is 2.29. The molecule has 3 aromatic rings. The standard InChI is InChI=1S/C23H24N4O2/c1-15-13-19-14-18(22(24)25)7-8-20(19)27(15)23(29)26-11-9-17(10-12-26)21(28)16-5-3-2-4-6-16/h2-8,13-14,17H,9-12H2,1H3,(H3,24,25). The number of rotatable bonds is 3. The fraction of sp³-hybridized carbons (Fsp3) is 0.261. The van der Waals surface area contributed by atoms with Crippen molar-refractivity contribution in [1.29, 1.82) is 5.41 Å². The quantitative estimate of drug-likeness (QED) is 0.406. The van der Waals surface area contributed by atoms with E-state index in [2.05, 4.69) is 0 Å². The number of nitrogens with one attached hydrogen (secondary N) is 1. The number of amidine groups is 1. The summed E-state index contributed by atoms with van der Waals surface area (Å²) >= 11 is 0. The van der Waals surface area contributed by atoms with E-state index in [1.54, 1.807) is 10.6 Å². The molecule has 1 aromatic heterocycles. The molecule has 0 atom stereocenters. The Labute approximate surface area is 169 Å². The third-order valence-corrected chi connectivity index (χ3v) is 5.68. The van der Waals surface area contributed by atoms with Gasteiger partial charge in [-0.25, -0.2) is 4.79 Å². The molecular weight excluding hydrogens is 364 g/mol. The largest absolute Gasteiger partial charge is 0.384 e. The van der Waals surface area contributed by atoms with Gasteiger partial charge in [-0.05, 0) is 44.0 Å². The summed E-state index contributed by atoms with van der Waals surface area (Å²) in [7, 11) is 0. The summed E-state index contributed by atoms with van der Waals surface area (Å²) < 4.78 is 1.71. The molecule has 6 heteroatoms. The van der Waals surface area contributed by atoms with Crippen LogP contribution in [0, 0.1) is 18.3 Å². The molecule has 3 N–H and O–H groups in total. The van der Waals surface area contributed by atoms with Gasteiger partial charge in [0, 0.05) is 41.2 Å². The van der Waals surface area contributed by atoms with E-state index in [4.69, 9.17) is 11.1 Å². The Morgan fingerprint density at radius 2 is 1.69 bits per heavy atom. The van der Waals surface area contributed by atoms with Crippen LogP contribution in [0.2, 0.25) is 0 Å². The summed E-state index contributed by atoms with van der Waals surface area (Å²) in [5.74, 6) is 0.132. The zero-order chi connectivity index (χ0) is 20.5. The topological polar surface area (TPSA) is 92.2 Å². The van der Waals surface area contributed by atoms with Crippen molar-refractivity contribution in [2.24, 2.45) is 11.7 Å². The average molecular weight is 388 g/mol. The Morgan fingerprint density at radius 3 is 2.34 bits per heavy atom. The number of hydrogen-bond acceptors (Lipinski definition) is 3. The molecule has 0 unspecified atom stereocenters. The Hall–Kier alpha value is -3.41. The van der Waals surface area contributed by atoms with Crippen molar-refractivity contribution in [2.45, 2.75) is 19.8 Å². The zero-order valence-corrected chi connectivity index (χ0v) is 16.4. The summed E-state index contributed by atoms with van der Waals surface area (Å²) in [6.07, 6.45) is 1.35. The van der Waals surface area contributed by atoms with Crippen LogP contribution in [0.1, 0.15) is 34.5 Å². The third kappa shape index (κ3) is 3.53. The lowest BCUT2D eigenvalue weighted by molar-refractivity contribution is 0.0855. The summed E-state index contributed by atoms with van der Waals surface area (Å²) in [4.78, 5) is 27.7. The van der Waals surface area contributed by atoms with Gasteiger partial charge in [0.15, 0.2) is 5.78 Å². The number of Topliss-reactive ketones (excluding diaryl/α,β-unsaturated/α-hetero) is 1. The van der Waals surface area contributed by atoms with Gasteiger partial charge in [0.25, 0.3) is 0 Å². The van der Waals surface area contributed by atoms with Crippen molar-refractivity contribution >= 4 is 28.6 Å². The lowest BCUT2D eigenvalue weighted by atomic mass is 9.89. The minimum absolute atomic E-state index is 0.00813. The Kier molecular flexibility index (Phi) is 4.92. The van der Waals surface area contributed by atoms with Crippen LogP contribution < -0.4 is 5.73 Å². The fourth-order valence-electron chi connectivity index (χ4n) is 4.09. The molecule has 29 heavy (non-hydrogen) atoms. The van der Waals surface area contributed by atoms with Crippen molar-refractivity contribution in [3.05, 3.63) is 71.4 Å². The van der Waals surface area contributed by atoms with E-state index < -0.39 is 0 Å². The molecule has 0 saturated carbocycles. The molecule has 2 aromatic carbocycles. The Balaban J connectivity index is 1.51. The maximum absolute atomic E-state index is 13.2. The molecule has 0 bridgehead atoms. The molecule has 1 amide bonds. The summed E-state index contributed by atoms with van der Waals surface area (Å²) in [6.45, 7) is 3.02. The predicted molar refractivity (Wildman–Crippen MR) is 114 cm³/mol. The monoisotopic (exact) mass is 388 g/mol. The number of nitrogen functional groups attached to an aromatic ring is 1. The van der Waals surface area contributed by atoms with E-state index in [1.165, 1.54) is 0 Å². The number of piperidine rings is 1. The normalized spacial score (nSPS) is 14.9. The van der Waals surface area contributed by atoms with Crippen LogP contribution in [0.3, 0.4) is 0 Å². The second-order valence-electron chi connectivity index (χ2n) is 7.58. The van der Waals surface area contributed by atoms with Gasteiger partial charge < -0.3 is 10.6 Å². The van der Waals surface area contributed by atoms with Crippen LogP contribution in [-0.2, 0) is 0 Å². The molecule has 1 fully saturated rings. The van der Waals surface area contributed by atoms with Crippen molar-refractivity contribution < 1.29 is 9.59 Å². The van der Waals surface area contributed by atoms with Gasteiger partial charge in [0.05, 0.1) is 5.52 Å². The first-order valence-corrected chi connectivity index (χ1v) is 9.81. The highest BCUT2D eigenvalue weighted by molar-refractivity contribution is 6.01. The molecule has 1 aliphatic heterocycles. The minimum atomic E-state index is -0.0707. The molecule has 0 aliphatic carbocycles. The second-order valence-corrected chi connectivity index (χ2v) is 7.58. The highest BCUT2D eigenvalue weighted by atomic mass is 16.2. The molecule has 148 valence electrons. The van der Waals surface area contributed by atoms with Crippen LogP contribution in [-0.4, -0.2) is 40.2 Å². The number of likely N-dealkylation sites (tertiary alicyclic amines) is 1. The number of nitrogens with zero attached hydrogens (tertiary/aromatic N) is 2. The van der Waals surface area contributed by atoms with Crippen molar-refractivity contribution in [2.75, 3.05) is 13.1 Å². The Bertz CT molecular complexity index is 1090. The maximum Gasteiger partial charge on any atom is 0.328 e. The molecule has 2 heterocycles. The molecule has 0 spiro atoms. The van der Waals surface area contributed by atoms with Crippen LogP contribution in [0.15, 0.2) is 54.6 Å². The molecule has 6 nitrogen and oxygen atoms in total. The van der Waals surface area contributed by atoms with Crippen LogP contribution >= 0.6 is 0 Å². The van der Waals surface area contributed by atoms with Crippen molar-refractivity contribution in [1.82, 2.24) is 9.47 Å². The van der Waals surface area contributed by atoms with Gasteiger partial charge in [-0.1, -0.05) is 30.3 Å². The lowest BCUT2D eigenvalue weighted by Crippen LogP contribution is -2.42. The van der Waals surface area contributed by atoms with Crippen LogP contribution in [0.5, 0.6) is 0 Å². The molecule has 0 radical (unpaired) electrons. The summed E-state index contributed by atoms with van der Waals surface area (Å²) in [5.41, 5.74) is 8.61. The minimum Gasteiger partial charge on any atom is -0.384 e. The zero-order valence-electron chi connectivity index (χ0n) is 16.4. The van der Waals surface area contributed by atoms with E-state index in [0.717, 1.165) is 22.2 Å². The maximum atomic E-state index is 13.2. The van der Waals surface area contributed by atoms with E-state index in [0.29, 0.717) is 31.5 Å². The van der Waals surface area contributed by atoms with Gasteiger partial charge in [-0.15, -0.1) is 0 Å². The SMILES string of the molecule is Cc1cc2cc(C(=N)N)ccc2n1C(=O)N1CCC(C(=O)c2ccccc2)CC1. The number of aromatic nitrogens is 1.